The van der Waals surface area contributed by atoms with Crippen molar-refractivity contribution >= 4 is 43.5 Å². The third kappa shape index (κ3) is 4.32. The van der Waals surface area contributed by atoms with E-state index in [9.17, 15) is 0 Å². The lowest BCUT2D eigenvalue weighted by Gasteiger charge is -2.20. The fourth-order valence-electron chi connectivity index (χ4n) is 2.22. The molecule has 2 aromatic rings. The van der Waals surface area contributed by atoms with Crippen LogP contribution in [0, 0.1) is 0 Å². The first kappa shape index (κ1) is 16.0. The van der Waals surface area contributed by atoms with Crippen LogP contribution in [0.5, 0.6) is 0 Å². The van der Waals surface area contributed by atoms with Crippen LogP contribution in [-0.4, -0.2) is 6.54 Å². The molecule has 20 heavy (non-hydrogen) atoms. The van der Waals surface area contributed by atoms with E-state index in [0.717, 1.165) is 26.9 Å². The molecule has 0 radical (unpaired) electrons. The minimum atomic E-state index is 0.265. The molecule has 0 fully saturated rings. The van der Waals surface area contributed by atoms with Crippen molar-refractivity contribution in [3.8, 4) is 0 Å². The van der Waals surface area contributed by atoms with Crippen molar-refractivity contribution < 1.29 is 0 Å². The molecule has 0 amide bonds. The number of hydrogen-bond acceptors (Lipinski definition) is 1. The summed E-state index contributed by atoms with van der Waals surface area (Å²) in [5.74, 6) is 0. The van der Waals surface area contributed by atoms with Gasteiger partial charge in [0.1, 0.15) is 0 Å². The zero-order valence-corrected chi connectivity index (χ0v) is 15.1. The molecule has 1 unspecified atom stereocenters. The van der Waals surface area contributed by atoms with Crippen LogP contribution in [0.25, 0.3) is 0 Å². The highest BCUT2D eigenvalue weighted by atomic mass is 79.9. The Kier molecular flexibility index (Phi) is 6.09. The van der Waals surface area contributed by atoms with E-state index in [1.807, 2.05) is 18.2 Å². The van der Waals surface area contributed by atoms with Gasteiger partial charge in [-0.3, -0.25) is 0 Å². The van der Waals surface area contributed by atoms with Crippen LogP contribution in [0.15, 0.2) is 51.4 Å². The molecule has 0 aliphatic rings. The van der Waals surface area contributed by atoms with Crippen LogP contribution in [0.1, 0.15) is 24.1 Å². The first-order valence-corrected chi connectivity index (χ1v) is 8.49. The molecular weight excluding hydrogens is 401 g/mol. The summed E-state index contributed by atoms with van der Waals surface area (Å²) in [5.41, 5.74) is 2.53. The van der Waals surface area contributed by atoms with Crippen LogP contribution in [0.3, 0.4) is 0 Å². The fourth-order valence-corrected chi connectivity index (χ4v) is 3.63. The summed E-state index contributed by atoms with van der Waals surface area (Å²) in [6, 6.07) is 14.7. The predicted molar refractivity (Wildman–Crippen MR) is 93.4 cm³/mol. The Hall–Kier alpha value is -0.350. The highest BCUT2D eigenvalue weighted by molar-refractivity contribution is 9.10. The molecule has 0 spiro atoms. The first-order valence-electron chi connectivity index (χ1n) is 6.53. The number of rotatable bonds is 5. The largest absolute Gasteiger partial charge is 0.310 e. The van der Waals surface area contributed by atoms with E-state index < -0.39 is 0 Å². The predicted octanol–water partition coefficient (Wildman–Crippen LogP) is 5.76. The van der Waals surface area contributed by atoms with Gasteiger partial charge in [-0.1, -0.05) is 68.6 Å². The molecule has 0 bridgehead atoms. The van der Waals surface area contributed by atoms with E-state index >= 15 is 0 Å². The van der Waals surface area contributed by atoms with Gasteiger partial charge in [0, 0.05) is 20.0 Å². The molecule has 4 heteroatoms. The third-order valence-corrected chi connectivity index (χ3v) is 4.53. The fraction of sp³-hybridized carbons (Fsp3) is 0.250. The Labute approximate surface area is 142 Å². The molecule has 1 atom stereocenters. The molecule has 1 N–H and O–H groups in total. The molecule has 0 aliphatic carbocycles. The maximum absolute atomic E-state index is 6.02. The summed E-state index contributed by atoms with van der Waals surface area (Å²) >= 11 is 13.2. The molecule has 0 aromatic heterocycles. The van der Waals surface area contributed by atoms with E-state index in [0.29, 0.717) is 0 Å². The van der Waals surface area contributed by atoms with Crippen molar-refractivity contribution in [3.05, 3.63) is 67.6 Å². The first-order chi connectivity index (χ1) is 9.60. The zero-order chi connectivity index (χ0) is 14.5. The maximum Gasteiger partial charge on any atom is 0.0417 e. The molecule has 0 aliphatic heterocycles. The number of nitrogens with one attached hydrogen (secondary N) is 1. The smallest absolute Gasteiger partial charge is 0.0417 e. The Morgan fingerprint density at radius 2 is 1.95 bits per heavy atom. The van der Waals surface area contributed by atoms with Crippen molar-refractivity contribution in [1.82, 2.24) is 5.32 Å². The summed E-state index contributed by atoms with van der Waals surface area (Å²) < 4.78 is 2.16. The van der Waals surface area contributed by atoms with E-state index in [1.54, 1.807) is 0 Å². The summed E-state index contributed by atoms with van der Waals surface area (Å²) in [4.78, 5) is 0. The molecule has 0 saturated carbocycles. The lowest BCUT2D eigenvalue weighted by atomic mass is 9.99. The van der Waals surface area contributed by atoms with Crippen molar-refractivity contribution in [1.29, 1.82) is 0 Å². The van der Waals surface area contributed by atoms with Crippen LogP contribution < -0.4 is 5.32 Å². The summed E-state index contributed by atoms with van der Waals surface area (Å²) in [7, 11) is 0. The maximum atomic E-state index is 6.02. The van der Waals surface area contributed by atoms with Gasteiger partial charge in [0.05, 0.1) is 0 Å². The van der Waals surface area contributed by atoms with Gasteiger partial charge >= 0.3 is 0 Å². The molecule has 0 saturated heterocycles. The summed E-state index contributed by atoms with van der Waals surface area (Å²) in [6.45, 7) is 3.05. The van der Waals surface area contributed by atoms with Crippen molar-refractivity contribution in [2.24, 2.45) is 0 Å². The SMILES string of the molecule is CCNC(Cc1cccc(Br)c1)c1ccc(Cl)cc1Br. The second-order valence-corrected chi connectivity index (χ2v) is 6.82. The van der Waals surface area contributed by atoms with Crippen LogP contribution in [0.2, 0.25) is 5.02 Å². The number of hydrogen-bond donors (Lipinski definition) is 1. The summed E-state index contributed by atoms with van der Waals surface area (Å²) in [5, 5.41) is 4.29. The van der Waals surface area contributed by atoms with Crippen LogP contribution in [-0.2, 0) is 6.42 Å². The van der Waals surface area contributed by atoms with Gasteiger partial charge in [-0.15, -0.1) is 0 Å². The lowest BCUT2D eigenvalue weighted by molar-refractivity contribution is 0.548. The standard InChI is InChI=1S/C16H16Br2ClN/c1-2-20-16(9-11-4-3-5-12(17)8-11)14-7-6-13(19)10-15(14)18/h3-8,10,16,20H,2,9H2,1H3. The number of halogens is 3. The highest BCUT2D eigenvalue weighted by Crippen LogP contribution is 2.29. The normalized spacial score (nSPS) is 12.4. The van der Waals surface area contributed by atoms with Gasteiger partial charge in [-0.25, -0.2) is 0 Å². The van der Waals surface area contributed by atoms with Gasteiger partial charge in [0.2, 0.25) is 0 Å². The molecule has 2 aromatic carbocycles. The molecule has 0 heterocycles. The van der Waals surface area contributed by atoms with Crippen molar-refractivity contribution in [2.75, 3.05) is 6.54 Å². The monoisotopic (exact) mass is 415 g/mol. The molecular formula is C16H16Br2ClN. The van der Waals surface area contributed by atoms with Gasteiger partial charge in [0.25, 0.3) is 0 Å². The number of benzene rings is 2. The molecule has 2 rings (SSSR count). The van der Waals surface area contributed by atoms with Gasteiger partial charge in [0.15, 0.2) is 0 Å². The minimum absolute atomic E-state index is 0.265. The molecule has 106 valence electrons. The van der Waals surface area contributed by atoms with Crippen LogP contribution in [0.4, 0.5) is 0 Å². The average Bonchev–Trinajstić information content (AvgIpc) is 2.38. The Morgan fingerprint density at radius 1 is 1.15 bits per heavy atom. The quantitative estimate of drug-likeness (QED) is 0.652. The second-order valence-electron chi connectivity index (χ2n) is 4.61. The highest BCUT2D eigenvalue weighted by Gasteiger charge is 2.14. The van der Waals surface area contributed by atoms with E-state index in [4.69, 9.17) is 11.6 Å². The Bertz CT molecular complexity index is 586. The zero-order valence-electron chi connectivity index (χ0n) is 11.2. The summed E-state index contributed by atoms with van der Waals surface area (Å²) in [6.07, 6.45) is 0.938. The molecule has 1 nitrogen and oxygen atoms in total. The van der Waals surface area contributed by atoms with Crippen molar-refractivity contribution in [3.63, 3.8) is 0 Å². The van der Waals surface area contributed by atoms with E-state index in [1.165, 1.54) is 11.1 Å². The van der Waals surface area contributed by atoms with E-state index in [-0.39, 0.29) is 6.04 Å². The lowest BCUT2D eigenvalue weighted by Crippen LogP contribution is -2.23. The van der Waals surface area contributed by atoms with Crippen LogP contribution >= 0.6 is 43.5 Å². The average molecular weight is 418 g/mol. The van der Waals surface area contributed by atoms with E-state index in [2.05, 4.69) is 68.4 Å². The Morgan fingerprint density at radius 3 is 2.60 bits per heavy atom. The van der Waals surface area contributed by atoms with Gasteiger partial charge in [-0.05, 0) is 48.4 Å². The topological polar surface area (TPSA) is 12.0 Å². The second kappa shape index (κ2) is 7.60. The third-order valence-electron chi connectivity index (χ3n) is 3.12. The van der Waals surface area contributed by atoms with Gasteiger partial charge in [-0.2, -0.15) is 0 Å². The Balaban J connectivity index is 2.26. The van der Waals surface area contributed by atoms with Crippen molar-refractivity contribution in [2.45, 2.75) is 19.4 Å². The minimum Gasteiger partial charge on any atom is -0.310 e. The number of likely N-dealkylation sites (N-methyl/N-ethyl adjacent to an activating group) is 1. The van der Waals surface area contributed by atoms with Gasteiger partial charge < -0.3 is 5.32 Å².